The fourth-order valence-corrected chi connectivity index (χ4v) is 4.42. The Balaban J connectivity index is 1.50. The van der Waals surface area contributed by atoms with Crippen molar-refractivity contribution in [3.8, 4) is 11.5 Å². The molecule has 1 saturated heterocycles. The van der Waals surface area contributed by atoms with Crippen molar-refractivity contribution in [3.05, 3.63) is 92.7 Å². The van der Waals surface area contributed by atoms with Gasteiger partial charge in [-0.25, -0.2) is 18.5 Å². The van der Waals surface area contributed by atoms with Crippen LogP contribution in [0.4, 0.5) is 19.3 Å². The van der Waals surface area contributed by atoms with Crippen LogP contribution in [0, 0.1) is 15.2 Å². The number of para-hydroxylation sites is 1. The molecule has 196 valence electrons. The smallest absolute Gasteiger partial charge is 0.329 e. The minimum absolute atomic E-state index is 0.0413. The van der Waals surface area contributed by atoms with Gasteiger partial charge in [0, 0.05) is 0 Å². The molecule has 0 aromatic heterocycles. The monoisotopic (exact) mass is 633 g/mol. The molecule has 0 unspecified atom stereocenters. The number of anilines is 1. The first-order valence-electron chi connectivity index (χ1n) is 11.5. The summed E-state index contributed by atoms with van der Waals surface area (Å²) in [4.78, 5) is 38.3. The van der Waals surface area contributed by atoms with Crippen LogP contribution in [0.15, 0.2) is 66.4 Å². The van der Waals surface area contributed by atoms with Crippen LogP contribution in [-0.4, -0.2) is 35.9 Å². The van der Waals surface area contributed by atoms with E-state index in [1.165, 1.54) is 36.4 Å². The van der Waals surface area contributed by atoms with E-state index >= 15 is 0 Å². The standard InChI is InChI=1S/C27H22F2IN3O5/c1-2-37-23-13-17(11-20(30)25(23)38-15-16-6-5-7-18(28)10-16)12-22-26(35)33(27(36)32-22)14-24(34)31-21-9-4-3-8-19(21)29/h3-13H,2,14-15H2,1H3,(H,31,34)(H,32,36)/b22-12+. The number of rotatable bonds is 9. The highest BCUT2D eigenvalue weighted by Gasteiger charge is 2.35. The van der Waals surface area contributed by atoms with Gasteiger partial charge in [0.25, 0.3) is 5.91 Å². The van der Waals surface area contributed by atoms with Crippen molar-refractivity contribution in [2.75, 3.05) is 18.5 Å². The number of benzene rings is 3. The van der Waals surface area contributed by atoms with Crippen LogP contribution >= 0.6 is 22.6 Å². The quantitative estimate of drug-likeness (QED) is 0.195. The number of carbonyl (C=O) groups excluding carboxylic acids is 3. The zero-order valence-corrected chi connectivity index (χ0v) is 22.3. The largest absolute Gasteiger partial charge is 0.490 e. The molecular weight excluding hydrogens is 611 g/mol. The first-order valence-corrected chi connectivity index (χ1v) is 12.6. The third kappa shape index (κ3) is 6.46. The average Bonchev–Trinajstić information content (AvgIpc) is 3.12. The summed E-state index contributed by atoms with van der Waals surface area (Å²) in [5, 5.41) is 4.80. The van der Waals surface area contributed by atoms with E-state index in [4.69, 9.17) is 9.47 Å². The molecule has 3 aromatic carbocycles. The Morgan fingerprint density at radius 3 is 2.61 bits per heavy atom. The Hall–Kier alpha value is -4.00. The van der Waals surface area contributed by atoms with Gasteiger partial charge in [-0.3, -0.25) is 9.59 Å². The molecule has 4 rings (SSSR count). The van der Waals surface area contributed by atoms with Gasteiger partial charge >= 0.3 is 6.03 Å². The lowest BCUT2D eigenvalue weighted by Gasteiger charge is -2.15. The molecule has 0 saturated carbocycles. The summed E-state index contributed by atoms with van der Waals surface area (Å²) in [7, 11) is 0. The van der Waals surface area contributed by atoms with Crippen molar-refractivity contribution in [3.63, 3.8) is 0 Å². The van der Waals surface area contributed by atoms with E-state index in [9.17, 15) is 23.2 Å². The van der Waals surface area contributed by atoms with Crippen molar-refractivity contribution >= 4 is 52.2 Å². The second-order valence-corrected chi connectivity index (χ2v) is 9.25. The lowest BCUT2D eigenvalue weighted by molar-refractivity contribution is -0.127. The second-order valence-electron chi connectivity index (χ2n) is 8.09. The number of halogens is 3. The molecule has 1 aliphatic rings. The van der Waals surface area contributed by atoms with E-state index in [1.54, 1.807) is 37.3 Å². The van der Waals surface area contributed by atoms with E-state index in [0.717, 1.165) is 4.90 Å². The molecule has 38 heavy (non-hydrogen) atoms. The van der Waals surface area contributed by atoms with Gasteiger partial charge in [0.1, 0.15) is 30.5 Å². The third-order valence-corrected chi connectivity index (χ3v) is 6.13. The molecule has 0 radical (unpaired) electrons. The number of hydrogen-bond donors (Lipinski definition) is 2. The fraction of sp³-hybridized carbons (Fsp3) is 0.148. The molecule has 11 heteroatoms. The number of hydrogen-bond acceptors (Lipinski definition) is 5. The zero-order valence-electron chi connectivity index (χ0n) is 20.1. The molecule has 0 atom stereocenters. The molecular formula is C27H22F2IN3O5. The van der Waals surface area contributed by atoms with Gasteiger partial charge in [-0.1, -0.05) is 24.3 Å². The first-order chi connectivity index (χ1) is 18.2. The van der Waals surface area contributed by atoms with Crippen molar-refractivity contribution in [2.45, 2.75) is 13.5 Å². The number of ether oxygens (including phenoxy) is 2. The molecule has 1 fully saturated rings. The summed E-state index contributed by atoms with van der Waals surface area (Å²) in [6, 6.07) is 14.2. The summed E-state index contributed by atoms with van der Waals surface area (Å²) in [6.07, 6.45) is 1.45. The Bertz CT molecular complexity index is 1430. The molecule has 1 heterocycles. The summed E-state index contributed by atoms with van der Waals surface area (Å²) in [6.45, 7) is 1.67. The van der Waals surface area contributed by atoms with Gasteiger partial charge < -0.3 is 20.1 Å². The molecule has 0 spiro atoms. The van der Waals surface area contributed by atoms with E-state index in [-0.39, 0.29) is 23.8 Å². The highest BCUT2D eigenvalue weighted by molar-refractivity contribution is 14.1. The van der Waals surface area contributed by atoms with Crippen LogP contribution < -0.4 is 20.1 Å². The van der Waals surface area contributed by atoms with Gasteiger partial charge in [0.05, 0.1) is 15.9 Å². The van der Waals surface area contributed by atoms with Gasteiger partial charge in [-0.15, -0.1) is 0 Å². The fourth-order valence-electron chi connectivity index (χ4n) is 3.63. The number of imide groups is 1. The maximum absolute atomic E-state index is 13.8. The Labute approximate surface area is 230 Å². The predicted molar refractivity (Wildman–Crippen MR) is 144 cm³/mol. The molecule has 3 aromatic rings. The normalized spacial score (nSPS) is 14.0. The Morgan fingerprint density at radius 2 is 1.87 bits per heavy atom. The molecule has 8 nitrogen and oxygen atoms in total. The number of nitrogens with zero attached hydrogens (tertiary/aromatic N) is 1. The van der Waals surface area contributed by atoms with Gasteiger partial charge in [0.15, 0.2) is 11.5 Å². The number of urea groups is 1. The minimum Gasteiger partial charge on any atom is -0.490 e. The SMILES string of the molecule is CCOc1cc(/C=C2/NC(=O)N(CC(=O)Nc3ccccc3F)C2=O)cc(I)c1OCc1cccc(F)c1. The average molecular weight is 633 g/mol. The van der Waals surface area contributed by atoms with Gasteiger partial charge in [0.2, 0.25) is 5.91 Å². The lowest BCUT2D eigenvalue weighted by atomic mass is 10.1. The van der Waals surface area contributed by atoms with Crippen molar-refractivity contribution in [2.24, 2.45) is 0 Å². The van der Waals surface area contributed by atoms with Crippen LogP contribution in [0.2, 0.25) is 0 Å². The topological polar surface area (TPSA) is 97.0 Å². The summed E-state index contributed by atoms with van der Waals surface area (Å²) < 4.78 is 39.6. The van der Waals surface area contributed by atoms with Crippen LogP contribution in [0.5, 0.6) is 11.5 Å². The second kappa shape index (κ2) is 12.0. The van der Waals surface area contributed by atoms with Gasteiger partial charge in [-0.05, 0) is 83.1 Å². The lowest BCUT2D eigenvalue weighted by Crippen LogP contribution is -2.38. The number of nitrogens with one attached hydrogen (secondary N) is 2. The van der Waals surface area contributed by atoms with E-state index in [2.05, 4.69) is 33.2 Å². The number of amides is 4. The van der Waals surface area contributed by atoms with Crippen molar-refractivity contribution < 1.29 is 32.6 Å². The van der Waals surface area contributed by atoms with E-state index < -0.39 is 30.2 Å². The predicted octanol–water partition coefficient (Wildman–Crippen LogP) is 5.08. The summed E-state index contributed by atoms with van der Waals surface area (Å²) in [5.41, 5.74) is 1.09. The summed E-state index contributed by atoms with van der Waals surface area (Å²) >= 11 is 2.06. The molecule has 2 N–H and O–H groups in total. The van der Waals surface area contributed by atoms with E-state index in [1.807, 2.05) is 0 Å². The van der Waals surface area contributed by atoms with Crippen LogP contribution in [0.1, 0.15) is 18.1 Å². The van der Waals surface area contributed by atoms with E-state index in [0.29, 0.717) is 32.8 Å². The highest BCUT2D eigenvalue weighted by atomic mass is 127. The van der Waals surface area contributed by atoms with Crippen LogP contribution in [0.3, 0.4) is 0 Å². The third-order valence-electron chi connectivity index (χ3n) is 5.33. The van der Waals surface area contributed by atoms with Gasteiger partial charge in [-0.2, -0.15) is 0 Å². The maximum Gasteiger partial charge on any atom is 0.329 e. The number of carbonyl (C=O) groups is 3. The molecule has 0 bridgehead atoms. The summed E-state index contributed by atoms with van der Waals surface area (Å²) in [5.74, 6) is -1.59. The highest BCUT2D eigenvalue weighted by Crippen LogP contribution is 2.35. The van der Waals surface area contributed by atoms with Crippen LogP contribution in [-0.2, 0) is 16.2 Å². The Kier molecular flexibility index (Phi) is 8.56. The minimum atomic E-state index is -0.778. The molecule has 1 aliphatic heterocycles. The molecule has 4 amide bonds. The van der Waals surface area contributed by atoms with Crippen molar-refractivity contribution in [1.82, 2.24) is 10.2 Å². The van der Waals surface area contributed by atoms with Crippen LogP contribution in [0.25, 0.3) is 6.08 Å². The maximum atomic E-state index is 13.8. The first kappa shape index (κ1) is 27.0. The zero-order chi connectivity index (χ0) is 27.2. The van der Waals surface area contributed by atoms with Crippen molar-refractivity contribution in [1.29, 1.82) is 0 Å². The Morgan fingerprint density at radius 1 is 1.08 bits per heavy atom. The molecule has 0 aliphatic carbocycles.